The molecule has 0 bridgehead atoms. The molecule has 0 N–H and O–H groups in total. The lowest BCUT2D eigenvalue weighted by Gasteiger charge is -2.16. The van der Waals surface area contributed by atoms with Crippen molar-refractivity contribution in [3.05, 3.63) is 29.8 Å². The van der Waals surface area contributed by atoms with Crippen molar-refractivity contribution in [2.24, 2.45) is 0 Å². The smallest absolute Gasteiger partial charge is 0.132 e. The number of rotatable bonds is 1. The number of carbonyl (C=O) groups excluding carboxylic acids is 1. The molecule has 2 nitrogen and oxygen atoms in total. The average molecular weight is 175 g/mol. The lowest BCUT2D eigenvalue weighted by atomic mass is 9.86. The molecule has 0 radical (unpaired) electrons. The minimum Gasteiger partial charge on any atom is -0.373 e. The van der Waals surface area contributed by atoms with Gasteiger partial charge in [0.2, 0.25) is 0 Å². The number of para-hydroxylation sites is 1. The molecule has 0 amide bonds. The number of carbonyl (C=O) groups is 1. The summed E-state index contributed by atoms with van der Waals surface area (Å²) < 4.78 is 0. The average Bonchev–Trinajstić information content (AvgIpc) is 2.42. The molecule has 0 aliphatic carbocycles. The fourth-order valence-electron chi connectivity index (χ4n) is 2.05. The minimum atomic E-state index is -0.314. The Morgan fingerprint density at radius 1 is 1.46 bits per heavy atom. The van der Waals surface area contributed by atoms with Crippen molar-refractivity contribution in [1.29, 1.82) is 0 Å². The molecule has 13 heavy (non-hydrogen) atoms. The lowest BCUT2D eigenvalue weighted by Crippen LogP contribution is -2.29. The van der Waals surface area contributed by atoms with Gasteiger partial charge in [0.15, 0.2) is 0 Å². The van der Waals surface area contributed by atoms with Crippen molar-refractivity contribution in [1.82, 2.24) is 0 Å². The van der Waals surface area contributed by atoms with Crippen LogP contribution >= 0.6 is 0 Å². The molecule has 0 spiro atoms. The quantitative estimate of drug-likeness (QED) is 0.604. The summed E-state index contributed by atoms with van der Waals surface area (Å²) in [5, 5.41) is 0. The van der Waals surface area contributed by atoms with E-state index in [-0.39, 0.29) is 5.41 Å². The van der Waals surface area contributed by atoms with Crippen LogP contribution in [0.5, 0.6) is 0 Å². The summed E-state index contributed by atoms with van der Waals surface area (Å²) in [6.45, 7) is 2.78. The van der Waals surface area contributed by atoms with Crippen molar-refractivity contribution in [2.75, 3.05) is 18.5 Å². The van der Waals surface area contributed by atoms with Gasteiger partial charge in [-0.1, -0.05) is 18.2 Å². The van der Waals surface area contributed by atoms with E-state index in [9.17, 15) is 4.79 Å². The number of benzene rings is 1. The molecule has 0 saturated carbocycles. The maximum absolute atomic E-state index is 11.0. The topological polar surface area (TPSA) is 20.3 Å². The molecule has 0 saturated heterocycles. The van der Waals surface area contributed by atoms with E-state index in [1.165, 1.54) is 5.69 Å². The van der Waals surface area contributed by atoms with Gasteiger partial charge in [-0.2, -0.15) is 0 Å². The summed E-state index contributed by atoms with van der Waals surface area (Å²) in [6.07, 6.45) is 1.05. The first-order valence-corrected chi connectivity index (χ1v) is 4.44. The Labute approximate surface area is 78.2 Å². The van der Waals surface area contributed by atoms with Gasteiger partial charge in [-0.25, -0.2) is 0 Å². The number of fused-ring (bicyclic) bond motifs is 1. The van der Waals surface area contributed by atoms with Crippen LogP contribution in [-0.4, -0.2) is 19.9 Å². The molecule has 0 aromatic heterocycles. The normalized spacial score (nSPS) is 25.8. The molecule has 1 aliphatic rings. The summed E-state index contributed by atoms with van der Waals surface area (Å²) in [5.41, 5.74) is 2.01. The largest absolute Gasteiger partial charge is 0.373 e. The zero-order valence-corrected chi connectivity index (χ0v) is 7.95. The Balaban J connectivity index is 2.59. The Morgan fingerprint density at radius 2 is 2.15 bits per heavy atom. The minimum absolute atomic E-state index is 0.314. The SMILES string of the molecule is CN1CC(C)(C=O)c2ccccc21. The third-order valence-electron chi connectivity index (χ3n) is 2.76. The first kappa shape index (κ1) is 8.30. The third-order valence-corrected chi connectivity index (χ3v) is 2.76. The molecular formula is C11H13NO. The predicted octanol–water partition coefficient (Wildman–Crippen LogP) is 1.59. The second kappa shape index (κ2) is 2.59. The second-order valence-electron chi connectivity index (χ2n) is 3.91. The highest BCUT2D eigenvalue weighted by molar-refractivity contribution is 5.78. The van der Waals surface area contributed by atoms with Gasteiger partial charge in [0.05, 0.1) is 5.41 Å². The van der Waals surface area contributed by atoms with Crippen LogP contribution in [0, 0.1) is 0 Å². The molecule has 2 heteroatoms. The molecule has 1 aromatic rings. The summed E-state index contributed by atoms with van der Waals surface area (Å²) in [6, 6.07) is 8.09. The van der Waals surface area contributed by atoms with Gasteiger partial charge in [0, 0.05) is 19.3 Å². The van der Waals surface area contributed by atoms with Gasteiger partial charge in [-0.3, -0.25) is 0 Å². The number of anilines is 1. The highest BCUT2D eigenvalue weighted by Crippen LogP contribution is 2.37. The standard InChI is InChI=1S/C11H13NO/c1-11(8-13)7-12(2)10-6-4-3-5-9(10)11/h3-6,8H,7H2,1-2H3. The Bertz CT molecular complexity index is 348. The van der Waals surface area contributed by atoms with Crippen molar-refractivity contribution in [3.63, 3.8) is 0 Å². The Hall–Kier alpha value is -1.31. The molecule has 68 valence electrons. The van der Waals surface area contributed by atoms with Crippen LogP contribution in [0.1, 0.15) is 12.5 Å². The second-order valence-corrected chi connectivity index (χ2v) is 3.91. The van der Waals surface area contributed by atoms with Gasteiger partial charge in [-0.05, 0) is 18.6 Å². The number of nitrogens with zero attached hydrogens (tertiary/aromatic N) is 1. The highest BCUT2D eigenvalue weighted by atomic mass is 16.1. The van der Waals surface area contributed by atoms with Crippen LogP contribution in [0.25, 0.3) is 0 Å². The summed E-state index contributed by atoms with van der Waals surface area (Å²) >= 11 is 0. The number of likely N-dealkylation sites (N-methyl/N-ethyl adjacent to an activating group) is 1. The summed E-state index contributed by atoms with van der Waals surface area (Å²) in [7, 11) is 2.02. The first-order chi connectivity index (χ1) is 6.17. The predicted molar refractivity (Wildman–Crippen MR) is 53.1 cm³/mol. The van der Waals surface area contributed by atoms with E-state index in [4.69, 9.17) is 0 Å². The fraction of sp³-hybridized carbons (Fsp3) is 0.364. The maximum Gasteiger partial charge on any atom is 0.132 e. The van der Waals surface area contributed by atoms with E-state index in [0.29, 0.717) is 0 Å². The molecule has 1 atom stereocenters. The van der Waals surface area contributed by atoms with Crippen LogP contribution in [0.2, 0.25) is 0 Å². The maximum atomic E-state index is 11.0. The van der Waals surface area contributed by atoms with E-state index in [1.54, 1.807) is 0 Å². The first-order valence-electron chi connectivity index (χ1n) is 4.44. The van der Waals surface area contributed by atoms with Gasteiger partial charge >= 0.3 is 0 Å². The van der Waals surface area contributed by atoms with Crippen LogP contribution in [-0.2, 0) is 10.2 Å². The Kier molecular flexibility index (Phi) is 1.65. The van der Waals surface area contributed by atoms with E-state index >= 15 is 0 Å². The number of aldehydes is 1. The van der Waals surface area contributed by atoms with Crippen LogP contribution in [0.3, 0.4) is 0 Å². The van der Waals surface area contributed by atoms with E-state index in [2.05, 4.69) is 11.0 Å². The van der Waals surface area contributed by atoms with Gasteiger partial charge in [0.1, 0.15) is 6.29 Å². The fourth-order valence-corrected chi connectivity index (χ4v) is 2.05. The van der Waals surface area contributed by atoms with E-state index in [1.807, 2.05) is 32.2 Å². The zero-order valence-electron chi connectivity index (χ0n) is 7.95. The van der Waals surface area contributed by atoms with Crippen molar-refractivity contribution >= 4 is 12.0 Å². The van der Waals surface area contributed by atoms with Gasteiger partial charge < -0.3 is 9.69 Å². The monoisotopic (exact) mass is 175 g/mol. The van der Waals surface area contributed by atoms with Crippen LogP contribution in [0.4, 0.5) is 5.69 Å². The number of hydrogen-bond donors (Lipinski definition) is 0. The molecule has 1 unspecified atom stereocenters. The molecule has 1 heterocycles. The van der Waals surface area contributed by atoms with Crippen LogP contribution in [0.15, 0.2) is 24.3 Å². The molecule has 0 fully saturated rings. The van der Waals surface area contributed by atoms with Crippen molar-refractivity contribution in [2.45, 2.75) is 12.3 Å². The number of hydrogen-bond acceptors (Lipinski definition) is 2. The molecule has 1 aromatic carbocycles. The highest BCUT2D eigenvalue weighted by Gasteiger charge is 2.36. The van der Waals surface area contributed by atoms with Gasteiger partial charge in [0.25, 0.3) is 0 Å². The molecule has 2 rings (SSSR count). The molecular weight excluding hydrogens is 162 g/mol. The third kappa shape index (κ3) is 1.05. The summed E-state index contributed by atoms with van der Waals surface area (Å²) in [5.74, 6) is 0. The van der Waals surface area contributed by atoms with Gasteiger partial charge in [-0.15, -0.1) is 0 Å². The van der Waals surface area contributed by atoms with Crippen LogP contribution < -0.4 is 4.90 Å². The van der Waals surface area contributed by atoms with E-state index < -0.39 is 0 Å². The lowest BCUT2D eigenvalue weighted by molar-refractivity contribution is -0.111. The summed E-state index contributed by atoms with van der Waals surface area (Å²) in [4.78, 5) is 13.1. The van der Waals surface area contributed by atoms with Crippen molar-refractivity contribution < 1.29 is 4.79 Å². The zero-order chi connectivity index (χ0) is 9.47. The Morgan fingerprint density at radius 3 is 2.85 bits per heavy atom. The molecule has 1 aliphatic heterocycles. The van der Waals surface area contributed by atoms with Crippen molar-refractivity contribution in [3.8, 4) is 0 Å². The van der Waals surface area contributed by atoms with E-state index in [0.717, 1.165) is 18.4 Å².